The van der Waals surface area contributed by atoms with Crippen molar-refractivity contribution in [3.8, 4) is 5.75 Å². The summed E-state index contributed by atoms with van der Waals surface area (Å²) < 4.78 is 11.0. The molecule has 0 radical (unpaired) electrons. The van der Waals surface area contributed by atoms with Crippen molar-refractivity contribution in [2.75, 3.05) is 46.5 Å². The lowest BCUT2D eigenvalue weighted by Crippen LogP contribution is -2.47. The molecular weight excluding hydrogens is 276 g/mol. The van der Waals surface area contributed by atoms with Gasteiger partial charge in [-0.05, 0) is 48.9 Å². The van der Waals surface area contributed by atoms with Gasteiger partial charge in [-0.15, -0.1) is 0 Å². The van der Waals surface area contributed by atoms with Gasteiger partial charge in [0.1, 0.15) is 5.75 Å². The number of ether oxygens (including phenoxy) is 2. The topological polar surface area (TPSA) is 33.7 Å². The first-order chi connectivity index (χ1) is 10.8. The van der Waals surface area contributed by atoms with Crippen LogP contribution in [0.25, 0.3) is 0 Å². The third-order valence-corrected chi connectivity index (χ3v) is 5.05. The lowest BCUT2D eigenvalue weighted by molar-refractivity contribution is 0.0211. The summed E-state index contributed by atoms with van der Waals surface area (Å²) in [5.74, 6) is 1.64. The minimum atomic E-state index is 0.511. The molecule has 4 nitrogen and oxygen atoms in total. The van der Waals surface area contributed by atoms with Crippen LogP contribution in [0.15, 0.2) is 18.2 Å². The Kier molecular flexibility index (Phi) is 5.34. The van der Waals surface area contributed by atoms with Gasteiger partial charge in [0.05, 0.1) is 7.11 Å². The summed E-state index contributed by atoms with van der Waals surface area (Å²) in [6, 6.07) is 7.06. The van der Waals surface area contributed by atoms with Gasteiger partial charge in [0.2, 0.25) is 0 Å². The molecule has 2 heterocycles. The van der Waals surface area contributed by atoms with Gasteiger partial charge in [-0.25, -0.2) is 0 Å². The number of piperazine rings is 1. The number of benzene rings is 1. The van der Waals surface area contributed by atoms with Gasteiger partial charge in [-0.3, -0.25) is 4.90 Å². The zero-order valence-corrected chi connectivity index (χ0v) is 13.8. The van der Waals surface area contributed by atoms with Crippen LogP contribution in [0, 0.1) is 12.8 Å². The number of hydrogen-bond donors (Lipinski definition) is 1. The molecule has 22 heavy (non-hydrogen) atoms. The van der Waals surface area contributed by atoms with Crippen molar-refractivity contribution in [2.45, 2.75) is 25.8 Å². The summed E-state index contributed by atoms with van der Waals surface area (Å²) in [5.41, 5.74) is 2.81. The number of rotatable bonds is 4. The second-order valence-corrected chi connectivity index (χ2v) is 6.40. The fraction of sp³-hybridized carbons (Fsp3) is 0.667. The van der Waals surface area contributed by atoms with Crippen molar-refractivity contribution in [1.82, 2.24) is 10.2 Å². The normalized spacial score (nSPS) is 22.5. The first-order valence-electron chi connectivity index (χ1n) is 8.46. The lowest BCUT2D eigenvalue weighted by atomic mass is 9.84. The van der Waals surface area contributed by atoms with E-state index < -0.39 is 0 Å². The van der Waals surface area contributed by atoms with Crippen LogP contribution in [0.5, 0.6) is 5.75 Å². The van der Waals surface area contributed by atoms with Crippen LogP contribution in [0.2, 0.25) is 0 Å². The van der Waals surface area contributed by atoms with E-state index in [1.54, 1.807) is 7.11 Å². The fourth-order valence-electron chi connectivity index (χ4n) is 3.85. The number of aryl methyl sites for hydroxylation is 1. The van der Waals surface area contributed by atoms with Gasteiger partial charge in [-0.2, -0.15) is 0 Å². The first-order valence-corrected chi connectivity index (χ1v) is 8.46. The third kappa shape index (κ3) is 3.45. The van der Waals surface area contributed by atoms with Gasteiger partial charge in [-0.1, -0.05) is 6.07 Å². The number of methoxy groups -OCH3 is 1. The molecule has 0 aromatic heterocycles. The maximum Gasteiger partial charge on any atom is 0.119 e. The summed E-state index contributed by atoms with van der Waals surface area (Å²) in [7, 11) is 1.74. The summed E-state index contributed by atoms with van der Waals surface area (Å²) in [5, 5.41) is 3.47. The van der Waals surface area contributed by atoms with Crippen molar-refractivity contribution in [2.24, 2.45) is 5.92 Å². The molecule has 2 fully saturated rings. The van der Waals surface area contributed by atoms with E-state index in [0.29, 0.717) is 12.0 Å². The summed E-state index contributed by atoms with van der Waals surface area (Å²) in [6.45, 7) is 8.47. The second kappa shape index (κ2) is 7.44. The van der Waals surface area contributed by atoms with Gasteiger partial charge in [0, 0.05) is 45.4 Å². The van der Waals surface area contributed by atoms with Crippen LogP contribution >= 0.6 is 0 Å². The third-order valence-electron chi connectivity index (χ3n) is 5.05. The standard InChI is InChI=1S/C18H28N2O2/c1-14-13-16(21-2)3-4-17(14)18(15-5-11-22-12-6-15)20-9-7-19-8-10-20/h3-4,13,15,18-19H,5-12H2,1-2H3/t18-/m1/s1. The van der Waals surface area contributed by atoms with Crippen LogP contribution in [-0.2, 0) is 4.74 Å². The molecule has 1 N–H and O–H groups in total. The molecule has 0 unspecified atom stereocenters. The molecule has 0 amide bonds. The maximum absolute atomic E-state index is 5.59. The fourth-order valence-corrected chi connectivity index (χ4v) is 3.85. The van der Waals surface area contributed by atoms with E-state index in [1.807, 2.05) is 0 Å². The predicted octanol–water partition coefficient (Wildman–Crippen LogP) is 2.38. The SMILES string of the molecule is COc1ccc([C@@H](C2CCOCC2)N2CCNCC2)c(C)c1. The van der Waals surface area contributed by atoms with Gasteiger partial charge in [0.15, 0.2) is 0 Å². The number of nitrogens with zero attached hydrogens (tertiary/aromatic N) is 1. The number of hydrogen-bond acceptors (Lipinski definition) is 4. The highest BCUT2D eigenvalue weighted by Gasteiger charge is 2.32. The summed E-state index contributed by atoms with van der Waals surface area (Å²) in [4.78, 5) is 2.67. The monoisotopic (exact) mass is 304 g/mol. The van der Waals surface area contributed by atoms with Gasteiger partial charge >= 0.3 is 0 Å². The lowest BCUT2D eigenvalue weighted by Gasteiger charge is -2.41. The molecule has 1 aromatic carbocycles. The molecule has 1 atom stereocenters. The molecule has 0 aliphatic carbocycles. The van der Waals surface area contributed by atoms with E-state index in [-0.39, 0.29) is 0 Å². The average Bonchev–Trinajstić information content (AvgIpc) is 2.58. The van der Waals surface area contributed by atoms with Crippen molar-refractivity contribution >= 4 is 0 Å². The first kappa shape index (κ1) is 15.8. The van der Waals surface area contributed by atoms with E-state index >= 15 is 0 Å². The largest absolute Gasteiger partial charge is 0.497 e. The van der Waals surface area contributed by atoms with Crippen LogP contribution < -0.4 is 10.1 Å². The Hall–Kier alpha value is -1.10. The highest BCUT2D eigenvalue weighted by Crippen LogP contribution is 2.37. The molecule has 2 saturated heterocycles. The minimum absolute atomic E-state index is 0.511. The van der Waals surface area contributed by atoms with Gasteiger partial charge in [0.25, 0.3) is 0 Å². The number of nitrogens with one attached hydrogen (secondary N) is 1. The summed E-state index contributed by atoms with van der Waals surface area (Å²) in [6.07, 6.45) is 2.33. The zero-order valence-electron chi connectivity index (χ0n) is 13.8. The zero-order chi connectivity index (χ0) is 15.4. The molecule has 0 bridgehead atoms. The quantitative estimate of drug-likeness (QED) is 0.926. The van der Waals surface area contributed by atoms with Crippen molar-refractivity contribution in [3.05, 3.63) is 29.3 Å². The van der Waals surface area contributed by atoms with E-state index in [0.717, 1.165) is 45.1 Å². The maximum atomic E-state index is 5.59. The molecule has 122 valence electrons. The average molecular weight is 304 g/mol. The minimum Gasteiger partial charge on any atom is -0.497 e. The smallest absolute Gasteiger partial charge is 0.119 e. The van der Waals surface area contributed by atoms with Crippen LogP contribution in [-0.4, -0.2) is 51.4 Å². The highest BCUT2D eigenvalue weighted by atomic mass is 16.5. The van der Waals surface area contributed by atoms with E-state index in [4.69, 9.17) is 9.47 Å². The van der Waals surface area contributed by atoms with Gasteiger partial charge < -0.3 is 14.8 Å². The molecular formula is C18H28N2O2. The Morgan fingerprint density at radius 3 is 2.59 bits per heavy atom. The van der Waals surface area contributed by atoms with Crippen LogP contribution in [0.3, 0.4) is 0 Å². The molecule has 1 aromatic rings. The van der Waals surface area contributed by atoms with E-state index in [1.165, 1.54) is 24.0 Å². The molecule has 0 spiro atoms. The molecule has 2 aliphatic heterocycles. The molecule has 2 aliphatic rings. The van der Waals surface area contributed by atoms with Crippen LogP contribution in [0.1, 0.15) is 30.0 Å². The summed E-state index contributed by atoms with van der Waals surface area (Å²) >= 11 is 0. The Balaban J connectivity index is 1.89. The Morgan fingerprint density at radius 1 is 1.23 bits per heavy atom. The van der Waals surface area contributed by atoms with Crippen LogP contribution in [0.4, 0.5) is 0 Å². The Bertz CT molecular complexity index is 462. The second-order valence-electron chi connectivity index (χ2n) is 6.40. The van der Waals surface area contributed by atoms with E-state index in [9.17, 15) is 0 Å². The molecule has 0 saturated carbocycles. The van der Waals surface area contributed by atoms with Crippen molar-refractivity contribution in [3.63, 3.8) is 0 Å². The van der Waals surface area contributed by atoms with Crippen molar-refractivity contribution in [1.29, 1.82) is 0 Å². The van der Waals surface area contributed by atoms with Crippen molar-refractivity contribution < 1.29 is 9.47 Å². The predicted molar refractivity (Wildman–Crippen MR) is 88.5 cm³/mol. The molecule has 4 heteroatoms. The Labute approximate surface area is 133 Å². The highest BCUT2D eigenvalue weighted by molar-refractivity contribution is 5.37. The van der Waals surface area contributed by atoms with E-state index in [2.05, 4.69) is 35.3 Å². The molecule has 3 rings (SSSR count). The Morgan fingerprint density at radius 2 is 1.95 bits per heavy atom.